The number of aromatic hydroxyl groups is 1. The number of rotatable bonds is 4. The number of carbonyl (C=O) groups excluding carboxylic acids is 1. The average molecular weight is 421 g/mol. The Bertz CT molecular complexity index is 993. The number of esters is 1. The lowest BCUT2D eigenvalue weighted by Gasteiger charge is -2.36. The number of carbonyl (C=O) groups is 1. The van der Waals surface area contributed by atoms with Crippen molar-refractivity contribution < 1.29 is 14.6 Å². The summed E-state index contributed by atoms with van der Waals surface area (Å²) in [7, 11) is 1.43. The number of aryl methyl sites for hydroxylation is 1. The van der Waals surface area contributed by atoms with Crippen LogP contribution in [0.15, 0.2) is 24.3 Å². The first-order chi connectivity index (χ1) is 13.5. The van der Waals surface area contributed by atoms with E-state index in [0.29, 0.717) is 15.8 Å². The molecule has 3 aromatic rings. The third-order valence-corrected chi connectivity index (χ3v) is 6.49. The summed E-state index contributed by atoms with van der Waals surface area (Å²) in [5.41, 5.74) is 1.03. The predicted molar refractivity (Wildman–Crippen MR) is 107 cm³/mol. The smallest absolute Gasteiger partial charge is 0.308 e. The van der Waals surface area contributed by atoms with Gasteiger partial charge in [-0.2, -0.15) is 4.52 Å². The molecule has 1 aliphatic heterocycles. The van der Waals surface area contributed by atoms with Crippen molar-refractivity contribution in [2.75, 3.05) is 20.2 Å². The molecule has 1 aliphatic rings. The zero-order valence-corrected chi connectivity index (χ0v) is 17.2. The first-order valence-electron chi connectivity index (χ1n) is 9.10. The summed E-state index contributed by atoms with van der Waals surface area (Å²) in [6.07, 6.45) is 1.44. The quantitative estimate of drug-likeness (QED) is 0.651. The Morgan fingerprint density at radius 2 is 2.00 bits per heavy atom. The first-order valence-corrected chi connectivity index (χ1v) is 10.3. The van der Waals surface area contributed by atoms with Crippen LogP contribution in [0.5, 0.6) is 5.88 Å². The zero-order valence-electron chi connectivity index (χ0n) is 15.6. The van der Waals surface area contributed by atoms with Gasteiger partial charge in [-0.05, 0) is 50.6 Å². The first kappa shape index (κ1) is 19.2. The second kappa shape index (κ2) is 7.69. The molecule has 1 atom stereocenters. The summed E-state index contributed by atoms with van der Waals surface area (Å²) >= 11 is 7.51. The molecular weight excluding hydrogens is 400 g/mol. The number of aromatic nitrogens is 3. The van der Waals surface area contributed by atoms with Crippen LogP contribution in [-0.2, 0) is 9.53 Å². The van der Waals surface area contributed by atoms with E-state index in [9.17, 15) is 9.90 Å². The number of piperidine rings is 1. The Morgan fingerprint density at radius 3 is 2.61 bits per heavy atom. The van der Waals surface area contributed by atoms with Crippen LogP contribution < -0.4 is 0 Å². The molecule has 0 radical (unpaired) electrons. The number of likely N-dealkylation sites (tertiary alicyclic amines) is 1. The zero-order chi connectivity index (χ0) is 19.8. The van der Waals surface area contributed by atoms with Gasteiger partial charge in [0.25, 0.3) is 0 Å². The van der Waals surface area contributed by atoms with Crippen molar-refractivity contribution in [2.24, 2.45) is 5.92 Å². The van der Waals surface area contributed by atoms with Gasteiger partial charge in [-0.15, -0.1) is 5.10 Å². The number of thiazole rings is 1. The van der Waals surface area contributed by atoms with Crippen LogP contribution in [0.1, 0.15) is 35.1 Å². The normalized spacial score (nSPS) is 17.1. The molecule has 3 heterocycles. The minimum Gasteiger partial charge on any atom is -0.492 e. The molecule has 1 saturated heterocycles. The molecule has 148 valence electrons. The molecule has 0 bridgehead atoms. The Balaban J connectivity index is 1.70. The number of methoxy groups -OCH3 is 1. The van der Waals surface area contributed by atoms with Crippen molar-refractivity contribution in [3.05, 3.63) is 45.6 Å². The summed E-state index contributed by atoms with van der Waals surface area (Å²) in [6.45, 7) is 3.24. The SMILES string of the molecule is COC(=O)C1CCN(C(c2ccc(Cl)cc2)c2sc3nc(C)nn3c2O)CC1. The lowest BCUT2D eigenvalue weighted by Crippen LogP contribution is -2.39. The third kappa shape index (κ3) is 3.47. The fraction of sp³-hybridized carbons (Fsp3) is 0.421. The number of benzene rings is 1. The fourth-order valence-corrected chi connectivity index (χ4v) is 5.05. The summed E-state index contributed by atoms with van der Waals surface area (Å²) in [6, 6.07) is 7.48. The minimum absolute atomic E-state index is 0.0781. The summed E-state index contributed by atoms with van der Waals surface area (Å²) < 4.78 is 6.38. The van der Waals surface area contributed by atoms with Gasteiger partial charge in [0, 0.05) is 5.02 Å². The van der Waals surface area contributed by atoms with E-state index >= 15 is 0 Å². The number of hydrogen-bond acceptors (Lipinski definition) is 7. The summed E-state index contributed by atoms with van der Waals surface area (Å²) in [4.78, 5) is 20.0. The number of ether oxygens (including phenoxy) is 1. The van der Waals surface area contributed by atoms with E-state index in [-0.39, 0.29) is 23.8 Å². The molecule has 1 fully saturated rings. The third-order valence-electron chi connectivity index (χ3n) is 5.17. The molecule has 4 rings (SSSR count). The lowest BCUT2D eigenvalue weighted by molar-refractivity contribution is -0.147. The van der Waals surface area contributed by atoms with Crippen LogP contribution in [0.3, 0.4) is 0 Å². The van der Waals surface area contributed by atoms with Gasteiger partial charge in [0.05, 0.1) is 23.9 Å². The van der Waals surface area contributed by atoms with Gasteiger partial charge < -0.3 is 9.84 Å². The second-order valence-corrected chi connectivity index (χ2v) is 8.38. The Labute approximate surface area is 171 Å². The van der Waals surface area contributed by atoms with E-state index in [1.807, 2.05) is 24.3 Å². The van der Waals surface area contributed by atoms with Gasteiger partial charge in [-0.1, -0.05) is 35.1 Å². The van der Waals surface area contributed by atoms with E-state index in [0.717, 1.165) is 36.4 Å². The molecule has 1 N–H and O–H groups in total. The highest BCUT2D eigenvalue weighted by atomic mass is 35.5. The van der Waals surface area contributed by atoms with Gasteiger partial charge in [-0.3, -0.25) is 9.69 Å². The lowest BCUT2D eigenvalue weighted by atomic mass is 9.94. The Kier molecular flexibility index (Phi) is 5.27. The summed E-state index contributed by atoms with van der Waals surface area (Å²) in [5, 5.41) is 15.8. The number of halogens is 1. The number of hydrogen-bond donors (Lipinski definition) is 1. The Morgan fingerprint density at radius 1 is 1.32 bits per heavy atom. The molecule has 0 aliphatic carbocycles. The van der Waals surface area contributed by atoms with Crippen molar-refractivity contribution in [1.29, 1.82) is 0 Å². The van der Waals surface area contributed by atoms with Crippen molar-refractivity contribution in [1.82, 2.24) is 19.5 Å². The molecule has 28 heavy (non-hydrogen) atoms. The number of nitrogens with zero attached hydrogens (tertiary/aromatic N) is 4. The van der Waals surface area contributed by atoms with Gasteiger partial charge in [0.2, 0.25) is 10.8 Å². The van der Waals surface area contributed by atoms with Crippen LogP contribution in [0.25, 0.3) is 4.96 Å². The van der Waals surface area contributed by atoms with Crippen LogP contribution >= 0.6 is 22.9 Å². The molecule has 1 aromatic carbocycles. The monoisotopic (exact) mass is 420 g/mol. The van der Waals surface area contributed by atoms with Crippen molar-refractivity contribution >= 4 is 33.9 Å². The van der Waals surface area contributed by atoms with E-state index in [4.69, 9.17) is 16.3 Å². The van der Waals surface area contributed by atoms with Crippen molar-refractivity contribution in [2.45, 2.75) is 25.8 Å². The highest BCUT2D eigenvalue weighted by Crippen LogP contribution is 2.41. The van der Waals surface area contributed by atoms with Crippen molar-refractivity contribution in [3.63, 3.8) is 0 Å². The van der Waals surface area contributed by atoms with Crippen molar-refractivity contribution in [3.8, 4) is 5.88 Å². The van der Waals surface area contributed by atoms with Gasteiger partial charge >= 0.3 is 5.97 Å². The van der Waals surface area contributed by atoms with E-state index in [1.165, 1.54) is 23.0 Å². The maximum atomic E-state index is 11.9. The second-order valence-electron chi connectivity index (χ2n) is 6.93. The molecule has 0 saturated carbocycles. The molecule has 9 heteroatoms. The molecule has 7 nitrogen and oxygen atoms in total. The molecule has 0 spiro atoms. The standard InChI is InChI=1S/C19H21ClN4O3S/c1-11-21-19-24(22-11)17(25)16(28-19)15(12-3-5-14(20)6-4-12)23-9-7-13(8-10-23)18(26)27-2/h3-6,13,15,25H,7-10H2,1-2H3. The van der Waals surface area contributed by atoms with Crippen LogP contribution in [-0.4, -0.2) is 50.8 Å². The van der Waals surface area contributed by atoms with E-state index < -0.39 is 0 Å². The average Bonchev–Trinajstić information content (AvgIpc) is 3.21. The molecular formula is C19H21ClN4O3S. The van der Waals surface area contributed by atoms with Gasteiger partial charge in [0.1, 0.15) is 5.82 Å². The Hall–Kier alpha value is -2.16. The van der Waals surface area contributed by atoms with Crippen LogP contribution in [0.2, 0.25) is 5.02 Å². The highest BCUT2D eigenvalue weighted by molar-refractivity contribution is 7.17. The topological polar surface area (TPSA) is 80.0 Å². The molecule has 1 unspecified atom stereocenters. The molecule has 0 amide bonds. The predicted octanol–water partition coefficient (Wildman–Crippen LogP) is 3.43. The maximum absolute atomic E-state index is 11.9. The largest absolute Gasteiger partial charge is 0.492 e. The molecule has 2 aromatic heterocycles. The highest BCUT2D eigenvalue weighted by Gasteiger charge is 2.34. The minimum atomic E-state index is -0.162. The summed E-state index contributed by atoms with van der Waals surface area (Å²) in [5.74, 6) is 0.496. The maximum Gasteiger partial charge on any atom is 0.308 e. The van der Waals surface area contributed by atoms with Gasteiger partial charge in [0.15, 0.2) is 0 Å². The van der Waals surface area contributed by atoms with E-state index in [2.05, 4.69) is 15.0 Å². The number of fused-ring (bicyclic) bond motifs is 1. The van der Waals surface area contributed by atoms with Gasteiger partial charge in [-0.25, -0.2) is 4.98 Å². The fourth-order valence-electron chi connectivity index (χ4n) is 3.76. The van der Waals surface area contributed by atoms with E-state index in [1.54, 1.807) is 6.92 Å². The van der Waals surface area contributed by atoms with Crippen LogP contribution in [0, 0.1) is 12.8 Å². The van der Waals surface area contributed by atoms with Crippen LogP contribution in [0.4, 0.5) is 0 Å².